The Kier molecular flexibility index (Phi) is 22.7. The number of ether oxygens (including phenoxy) is 5. The van der Waals surface area contributed by atoms with Gasteiger partial charge in [-0.25, -0.2) is 19.6 Å². The number of esters is 1. The van der Waals surface area contributed by atoms with Crippen molar-refractivity contribution in [1.82, 2.24) is 53.6 Å². The molecule has 0 aliphatic carbocycles. The number of rotatable bonds is 27. The molecule has 6 N–H and O–H groups in total. The van der Waals surface area contributed by atoms with Crippen molar-refractivity contribution in [3.63, 3.8) is 0 Å². The molecule has 7 amide bonds. The maximum Gasteiger partial charge on any atom is 0.410 e. The second-order valence-electron chi connectivity index (χ2n) is 20.5. The van der Waals surface area contributed by atoms with E-state index in [-0.39, 0.29) is 85.6 Å². The number of aromatic nitrogens is 6. The predicted molar refractivity (Wildman–Crippen MR) is 292 cm³/mol. The van der Waals surface area contributed by atoms with Crippen molar-refractivity contribution in [3.05, 3.63) is 60.0 Å². The van der Waals surface area contributed by atoms with Gasteiger partial charge in [-0.15, -0.1) is 0 Å². The first kappa shape index (κ1) is 61.6. The summed E-state index contributed by atoms with van der Waals surface area (Å²) in [6, 6.07) is 2.91. The van der Waals surface area contributed by atoms with Gasteiger partial charge in [-0.1, -0.05) is 0 Å². The highest BCUT2D eigenvalue weighted by atomic mass is 16.6. The van der Waals surface area contributed by atoms with Gasteiger partial charge in [0.2, 0.25) is 29.4 Å². The molecule has 2 saturated heterocycles. The van der Waals surface area contributed by atoms with E-state index in [0.717, 1.165) is 65.2 Å². The topological polar surface area (TPSA) is 310 Å². The molecule has 0 bridgehead atoms. The zero-order valence-corrected chi connectivity index (χ0v) is 47.0. The number of likely N-dealkylation sites (tertiary alicyclic amines) is 1. The second kappa shape index (κ2) is 29.5. The number of hydrogen-bond donors (Lipinski definition) is 6. The number of methoxy groups -OCH3 is 1. The van der Waals surface area contributed by atoms with Crippen molar-refractivity contribution < 1.29 is 62.0 Å². The first-order chi connectivity index (χ1) is 38.1. The van der Waals surface area contributed by atoms with Crippen molar-refractivity contribution in [2.24, 2.45) is 34.1 Å². The van der Waals surface area contributed by atoms with E-state index in [9.17, 15) is 38.4 Å². The number of aryl methyl sites for hydroxylation is 4. The average molecular weight is 1120 g/mol. The summed E-state index contributed by atoms with van der Waals surface area (Å²) in [6.07, 6.45) is 7.57. The Balaban J connectivity index is 0.767. The van der Waals surface area contributed by atoms with E-state index in [0.29, 0.717) is 38.0 Å². The fraction of sp³-hybridized carbons (Fsp3) is 0.577. The quantitative estimate of drug-likeness (QED) is 0.0365. The normalized spacial score (nSPS) is 14.3. The number of amides is 7. The lowest BCUT2D eigenvalue weighted by molar-refractivity contribution is -0.126. The fourth-order valence-electron chi connectivity index (χ4n) is 8.79. The monoisotopic (exact) mass is 1120 g/mol. The van der Waals surface area contributed by atoms with Gasteiger partial charge in [-0.05, 0) is 51.7 Å². The molecule has 0 aromatic carbocycles. The largest absolute Gasteiger partial charge is 0.464 e. The molecule has 4 aromatic heterocycles. The van der Waals surface area contributed by atoms with Crippen LogP contribution in [0.2, 0.25) is 0 Å². The van der Waals surface area contributed by atoms with Crippen LogP contribution < -0.4 is 31.9 Å². The van der Waals surface area contributed by atoms with Gasteiger partial charge in [0.15, 0.2) is 11.6 Å². The number of nitrogens with zero attached hydrogens (tertiary/aromatic N) is 9. The van der Waals surface area contributed by atoms with Crippen molar-refractivity contribution in [1.29, 1.82) is 0 Å². The van der Waals surface area contributed by atoms with Gasteiger partial charge in [-0.2, -0.15) is 0 Å². The van der Waals surface area contributed by atoms with Crippen LogP contribution >= 0.6 is 0 Å². The fourth-order valence-corrected chi connectivity index (χ4v) is 8.79. The van der Waals surface area contributed by atoms with E-state index in [2.05, 4.69) is 51.7 Å². The van der Waals surface area contributed by atoms with Gasteiger partial charge in [0.05, 0.1) is 51.5 Å². The molecule has 6 heterocycles. The Morgan fingerprint density at radius 2 is 1.07 bits per heavy atom. The number of piperidine rings is 1. The molecule has 0 spiro atoms. The molecule has 80 heavy (non-hydrogen) atoms. The summed E-state index contributed by atoms with van der Waals surface area (Å²) in [5, 5.41) is 15.9. The average Bonchev–Trinajstić information content (AvgIpc) is 4.22. The first-order valence-corrected chi connectivity index (χ1v) is 26.6. The van der Waals surface area contributed by atoms with Crippen molar-refractivity contribution >= 4 is 70.5 Å². The number of imidazole rings is 2. The summed E-state index contributed by atoms with van der Waals surface area (Å²) in [5.74, 6) is -2.82. The summed E-state index contributed by atoms with van der Waals surface area (Å²) in [5.41, 5.74) is 0.571. The minimum absolute atomic E-state index is 0.00945. The number of piperazine rings is 1. The molecule has 28 heteroatoms. The molecular weight excluding hydrogens is 1040 g/mol. The molecular formula is C52H77N15O13. The highest BCUT2D eigenvalue weighted by Crippen LogP contribution is 2.22. The van der Waals surface area contributed by atoms with E-state index in [1.807, 2.05) is 25.7 Å². The molecule has 0 saturated carbocycles. The Morgan fingerprint density at radius 1 is 0.575 bits per heavy atom. The van der Waals surface area contributed by atoms with Gasteiger partial charge in [0.1, 0.15) is 23.6 Å². The summed E-state index contributed by atoms with van der Waals surface area (Å²) in [7, 11) is 7.64. The molecule has 438 valence electrons. The van der Waals surface area contributed by atoms with Crippen molar-refractivity contribution in [3.8, 4) is 0 Å². The van der Waals surface area contributed by atoms with Crippen LogP contribution in [0, 0.1) is 5.92 Å². The van der Waals surface area contributed by atoms with Gasteiger partial charge in [-0.3, -0.25) is 33.7 Å². The van der Waals surface area contributed by atoms with Crippen LogP contribution in [0.4, 0.5) is 27.8 Å². The minimum atomic E-state index is -0.615. The van der Waals surface area contributed by atoms with Gasteiger partial charge in [0.25, 0.3) is 17.7 Å². The van der Waals surface area contributed by atoms with Crippen LogP contribution in [0.15, 0.2) is 36.9 Å². The van der Waals surface area contributed by atoms with Crippen molar-refractivity contribution in [2.45, 2.75) is 52.1 Å². The lowest BCUT2D eigenvalue weighted by Gasteiger charge is -2.39. The van der Waals surface area contributed by atoms with E-state index in [1.165, 1.54) is 56.1 Å². The number of nitrogens with one attached hydrogen (secondary N) is 6. The van der Waals surface area contributed by atoms with Gasteiger partial charge < -0.3 is 83.7 Å². The van der Waals surface area contributed by atoms with Crippen LogP contribution in [-0.2, 0) is 66.3 Å². The molecule has 6 rings (SSSR count). The second-order valence-corrected chi connectivity index (χ2v) is 20.5. The number of carbonyl (C=O) groups is 8. The SMILES string of the molecule is COC(=O)c1cc(NC(=O)c2nc(NC(=O)CCNC(=O)c3cc(NC(=O)c4nc(NC(=O)CCNC(=O)COCCOCCOCCN5CCN(CC6CCN(C(=O)OC(C)(C)C)CC6)CC5)cn4C)cn3C)cn2C)cn1C. The van der Waals surface area contributed by atoms with Crippen molar-refractivity contribution in [2.75, 3.05) is 133 Å². The number of hydrogen-bond acceptors (Lipinski definition) is 17. The third-order valence-electron chi connectivity index (χ3n) is 12.9. The van der Waals surface area contributed by atoms with E-state index in [1.54, 1.807) is 34.4 Å². The van der Waals surface area contributed by atoms with E-state index < -0.39 is 47.0 Å². The third-order valence-corrected chi connectivity index (χ3v) is 12.9. The molecule has 0 atom stereocenters. The maximum absolute atomic E-state index is 13.2. The van der Waals surface area contributed by atoms with Gasteiger partial charge in [0, 0.05) is 131 Å². The van der Waals surface area contributed by atoms with Gasteiger partial charge >= 0.3 is 12.1 Å². The number of carbonyl (C=O) groups excluding carboxylic acids is 8. The zero-order chi connectivity index (χ0) is 57.9. The Morgan fingerprint density at radius 3 is 1.62 bits per heavy atom. The number of anilines is 4. The smallest absolute Gasteiger partial charge is 0.410 e. The van der Waals surface area contributed by atoms with Crippen LogP contribution in [0.5, 0.6) is 0 Å². The predicted octanol–water partition coefficient (Wildman–Crippen LogP) is 1.64. The van der Waals surface area contributed by atoms with E-state index >= 15 is 0 Å². The molecule has 0 unspecified atom stereocenters. The Labute approximate surface area is 464 Å². The minimum Gasteiger partial charge on any atom is -0.464 e. The molecule has 28 nitrogen and oxygen atoms in total. The van der Waals surface area contributed by atoms with Crippen LogP contribution in [0.3, 0.4) is 0 Å². The van der Waals surface area contributed by atoms with Crippen LogP contribution in [0.1, 0.15) is 88.7 Å². The molecule has 2 aliphatic heterocycles. The Bertz CT molecular complexity index is 2780. The summed E-state index contributed by atoms with van der Waals surface area (Å²) < 4.78 is 32.8. The standard InChI is InChI=1S/C52H77N15O13/c1-52(2,3)80-51(75)67-15-11-35(12-16-67)29-66-19-17-65(18-20-66)21-22-77-23-24-78-25-26-79-34-44(70)53-13-9-42(68)57-40-32-63(6)45(59-40)48(72)55-36-27-38(61(4)30-36)47(71)54-14-10-43(69)58-41-33-64(7)46(60-41)49(73)56-37-28-39(50(74)76-8)62(5)31-37/h27-28,30-33,35H,9-26,29,34H2,1-8H3,(H,53,70)(H,54,71)(H,55,72)(H,56,73)(H,57,68)(H,58,69). The zero-order valence-electron chi connectivity index (χ0n) is 47.0. The molecule has 2 fully saturated rings. The third kappa shape index (κ3) is 19.3. The first-order valence-electron chi connectivity index (χ1n) is 26.6. The lowest BCUT2D eigenvalue weighted by Crippen LogP contribution is -2.50. The summed E-state index contributed by atoms with van der Waals surface area (Å²) in [6.45, 7) is 14.9. The lowest BCUT2D eigenvalue weighted by atomic mass is 9.96. The molecule has 2 aliphatic rings. The summed E-state index contributed by atoms with van der Waals surface area (Å²) in [4.78, 5) is 116. The van der Waals surface area contributed by atoms with Crippen LogP contribution in [0.25, 0.3) is 0 Å². The molecule has 4 aromatic rings. The van der Waals surface area contributed by atoms with E-state index in [4.69, 9.17) is 23.7 Å². The highest BCUT2D eigenvalue weighted by molar-refractivity contribution is 6.04. The van der Waals surface area contributed by atoms with Crippen LogP contribution in [-0.4, -0.2) is 208 Å². The Hall–Kier alpha value is -7.66. The summed E-state index contributed by atoms with van der Waals surface area (Å²) >= 11 is 0. The highest BCUT2D eigenvalue weighted by Gasteiger charge is 2.29. The maximum atomic E-state index is 13.2. The molecule has 0 radical (unpaired) electrons.